The lowest BCUT2D eigenvalue weighted by Crippen LogP contribution is -2.54. The molecule has 2 amide bonds. The van der Waals surface area contributed by atoms with Crippen molar-refractivity contribution in [3.8, 4) is 0 Å². The summed E-state index contributed by atoms with van der Waals surface area (Å²) in [5, 5.41) is 3.21. The van der Waals surface area contributed by atoms with E-state index in [1.807, 2.05) is 44.2 Å². The van der Waals surface area contributed by atoms with Crippen LogP contribution in [0.15, 0.2) is 72.8 Å². The number of nitrogens with zero attached hydrogens (tertiary/aromatic N) is 2. The van der Waals surface area contributed by atoms with E-state index in [-0.39, 0.29) is 40.3 Å². The highest BCUT2D eigenvalue weighted by molar-refractivity contribution is 7.92. The fourth-order valence-electron chi connectivity index (χ4n) is 4.08. The third-order valence-corrected chi connectivity index (χ3v) is 8.11. The van der Waals surface area contributed by atoms with Gasteiger partial charge < -0.3 is 10.2 Å². The Bertz CT molecular complexity index is 1440. The monoisotopic (exact) mass is 607 g/mol. The zero-order chi connectivity index (χ0) is 29.4. The molecule has 3 rings (SSSR count). The number of rotatable bonds is 12. The Balaban J connectivity index is 2.10. The molecule has 0 heterocycles. The third-order valence-electron chi connectivity index (χ3n) is 6.43. The van der Waals surface area contributed by atoms with E-state index >= 15 is 0 Å². The van der Waals surface area contributed by atoms with Crippen molar-refractivity contribution in [3.63, 3.8) is 0 Å². The molecule has 0 aromatic heterocycles. The average molecular weight is 609 g/mol. The van der Waals surface area contributed by atoms with E-state index in [1.165, 1.54) is 41.3 Å². The van der Waals surface area contributed by atoms with Gasteiger partial charge in [-0.05, 0) is 43.2 Å². The van der Waals surface area contributed by atoms with Gasteiger partial charge in [0.2, 0.25) is 21.8 Å². The van der Waals surface area contributed by atoms with Gasteiger partial charge >= 0.3 is 0 Å². The fraction of sp³-hybridized carbons (Fsp3) is 0.310. The first kappa shape index (κ1) is 31.4. The van der Waals surface area contributed by atoms with Crippen molar-refractivity contribution in [2.24, 2.45) is 0 Å². The summed E-state index contributed by atoms with van der Waals surface area (Å²) in [6, 6.07) is 18.0. The topological polar surface area (TPSA) is 86.8 Å². The molecule has 0 fully saturated rings. The number of amides is 2. The van der Waals surface area contributed by atoms with Gasteiger partial charge in [-0.1, -0.05) is 78.7 Å². The molecule has 7 nitrogen and oxygen atoms in total. The molecule has 0 unspecified atom stereocenters. The largest absolute Gasteiger partial charge is 0.352 e. The molecule has 2 atom stereocenters. The summed E-state index contributed by atoms with van der Waals surface area (Å²) in [5.41, 5.74) is 0.965. The van der Waals surface area contributed by atoms with Gasteiger partial charge in [0, 0.05) is 29.6 Å². The second kappa shape index (κ2) is 14.0. The molecule has 3 aromatic carbocycles. The minimum Gasteiger partial charge on any atom is -0.352 e. The van der Waals surface area contributed by atoms with Crippen LogP contribution in [0.2, 0.25) is 10.0 Å². The number of benzene rings is 3. The maximum absolute atomic E-state index is 14.8. The number of anilines is 1. The zero-order valence-corrected chi connectivity index (χ0v) is 24.8. The van der Waals surface area contributed by atoms with E-state index in [1.54, 1.807) is 6.07 Å². The van der Waals surface area contributed by atoms with E-state index in [9.17, 15) is 22.4 Å². The molecule has 40 heavy (non-hydrogen) atoms. The number of nitrogens with one attached hydrogen (secondary N) is 1. The summed E-state index contributed by atoms with van der Waals surface area (Å²) in [6.07, 6.45) is 1.72. The van der Waals surface area contributed by atoms with Crippen molar-refractivity contribution in [2.45, 2.75) is 45.3 Å². The van der Waals surface area contributed by atoms with Crippen molar-refractivity contribution in [1.82, 2.24) is 10.2 Å². The van der Waals surface area contributed by atoms with Crippen LogP contribution in [0.5, 0.6) is 0 Å². The summed E-state index contributed by atoms with van der Waals surface area (Å²) in [7, 11) is -4.03. The Morgan fingerprint density at radius 2 is 1.65 bits per heavy atom. The third kappa shape index (κ3) is 8.43. The molecular formula is C29H32Cl2FN3O4S. The Morgan fingerprint density at radius 3 is 2.27 bits per heavy atom. The number of hydrogen-bond donors (Lipinski definition) is 1. The van der Waals surface area contributed by atoms with Crippen LogP contribution in [0.1, 0.15) is 31.4 Å². The quantitative estimate of drug-likeness (QED) is 0.296. The highest BCUT2D eigenvalue weighted by Crippen LogP contribution is 2.31. The second-order valence-electron chi connectivity index (χ2n) is 9.50. The van der Waals surface area contributed by atoms with Crippen LogP contribution in [0.25, 0.3) is 0 Å². The molecule has 0 bridgehead atoms. The van der Waals surface area contributed by atoms with Gasteiger partial charge in [-0.25, -0.2) is 12.8 Å². The summed E-state index contributed by atoms with van der Waals surface area (Å²) < 4.78 is 41.4. The average Bonchev–Trinajstić information content (AvgIpc) is 2.91. The Kier molecular flexibility index (Phi) is 11.0. The predicted octanol–water partition coefficient (Wildman–Crippen LogP) is 5.45. The van der Waals surface area contributed by atoms with Crippen molar-refractivity contribution < 1.29 is 22.4 Å². The predicted molar refractivity (Wildman–Crippen MR) is 157 cm³/mol. The SMILES string of the molecule is CC[C@H](C)NC(=O)[C@H](Cc1ccccc1)N(Cc1ccccc1F)C(=O)CN(c1cc(Cl)ccc1Cl)S(C)(=O)=O. The molecule has 0 aliphatic carbocycles. The number of hydrogen-bond acceptors (Lipinski definition) is 4. The lowest BCUT2D eigenvalue weighted by Gasteiger charge is -2.34. The molecule has 0 saturated carbocycles. The summed E-state index contributed by atoms with van der Waals surface area (Å²) in [6.45, 7) is 2.80. The molecule has 0 radical (unpaired) electrons. The lowest BCUT2D eigenvalue weighted by atomic mass is 10.0. The van der Waals surface area contributed by atoms with Gasteiger partial charge in [-0.3, -0.25) is 13.9 Å². The van der Waals surface area contributed by atoms with Crippen LogP contribution in [0, 0.1) is 5.82 Å². The highest BCUT2D eigenvalue weighted by Gasteiger charge is 2.34. The van der Waals surface area contributed by atoms with Crippen LogP contribution in [0.4, 0.5) is 10.1 Å². The molecule has 0 spiro atoms. The molecular weight excluding hydrogens is 576 g/mol. The number of halogens is 3. The minimum atomic E-state index is -4.03. The molecule has 0 aliphatic heterocycles. The summed E-state index contributed by atoms with van der Waals surface area (Å²) >= 11 is 12.4. The second-order valence-corrected chi connectivity index (χ2v) is 12.3. The maximum atomic E-state index is 14.8. The van der Waals surface area contributed by atoms with Gasteiger partial charge in [0.25, 0.3) is 0 Å². The molecule has 3 aromatic rings. The van der Waals surface area contributed by atoms with Crippen LogP contribution in [-0.2, 0) is 32.6 Å². The first-order chi connectivity index (χ1) is 18.9. The molecule has 214 valence electrons. The molecule has 0 saturated heterocycles. The van der Waals surface area contributed by atoms with Crippen molar-refractivity contribution in [1.29, 1.82) is 0 Å². The zero-order valence-electron chi connectivity index (χ0n) is 22.5. The van der Waals surface area contributed by atoms with Crippen LogP contribution < -0.4 is 9.62 Å². The van der Waals surface area contributed by atoms with E-state index in [4.69, 9.17) is 23.2 Å². The standard InChI is InChI=1S/C29H32Cl2FN3O4S/c1-4-20(2)33-29(37)27(16-21-10-6-5-7-11-21)34(18-22-12-8-9-13-25(22)32)28(36)19-35(40(3,38)39)26-17-23(30)14-15-24(26)31/h5-15,17,20,27H,4,16,18-19H2,1-3H3,(H,33,37)/t20-,27-/m0/s1. The first-order valence-electron chi connectivity index (χ1n) is 12.7. The maximum Gasteiger partial charge on any atom is 0.244 e. The van der Waals surface area contributed by atoms with E-state index in [0.29, 0.717) is 6.42 Å². The minimum absolute atomic E-state index is 0.0134. The molecule has 1 N–H and O–H groups in total. The Morgan fingerprint density at radius 1 is 1.00 bits per heavy atom. The van der Waals surface area contributed by atoms with Crippen LogP contribution in [0.3, 0.4) is 0 Å². The van der Waals surface area contributed by atoms with Gasteiger partial charge in [0.05, 0.1) is 17.0 Å². The molecule has 11 heteroatoms. The summed E-state index contributed by atoms with van der Waals surface area (Å²) in [5.74, 6) is -1.71. The van der Waals surface area contributed by atoms with Crippen molar-refractivity contribution >= 4 is 50.7 Å². The Hall–Kier alpha value is -3.14. The number of sulfonamides is 1. The van der Waals surface area contributed by atoms with Crippen LogP contribution in [-0.4, -0.2) is 50.0 Å². The molecule has 0 aliphatic rings. The lowest BCUT2D eigenvalue weighted by molar-refractivity contribution is -0.140. The fourth-order valence-corrected chi connectivity index (χ4v) is 5.37. The van der Waals surface area contributed by atoms with Crippen molar-refractivity contribution in [2.75, 3.05) is 17.1 Å². The highest BCUT2D eigenvalue weighted by atomic mass is 35.5. The number of carbonyl (C=O) groups excluding carboxylic acids is 2. The van der Waals surface area contributed by atoms with Gasteiger partial charge in [-0.15, -0.1) is 0 Å². The van der Waals surface area contributed by atoms with E-state index in [2.05, 4.69) is 5.32 Å². The van der Waals surface area contributed by atoms with E-state index < -0.39 is 40.2 Å². The normalized spacial score (nSPS) is 12.8. The van der Waals surface area contributed by atoms with E-state index in [0.717, 1.165) is 16.1 Å². The summed E-state index contributed by atoms with van der Waals surface area (Å²) in [4.78, 5) is 28.9. The smallest absolute Gasteiger partial charge is 0.244 e. The Labute approximate surface area is 244 Å². The van der Waals surface area contributed by atoms with Gasteiger partial charge in [0.1, 0.15) is 18.4 Å². The number of carbonyl (C=O) groups is 2. The first-order valence-corrected chi connectivity index (χ1v) is 15.3. The van der Waals surface area contributed by atoms with Crippen molar-refractivity contribution in [3.05, 3.63) is 99.8 Å². The van der Waals surface area contributed by atoms with Crippen LogP contribution >= 0.6 is 23.2 Å². The van der Waals surface area contributed by atoms with Gasteiger partial charge in [-0.2, -0.15) is 0 Å². The van der Waals surface area contributed by atoms with Gasteiger partial charge in [0.15, 0.2) is 0 Å².